The summed E-state index contributed by atoms with van der Waals surface area (Å²) in [5.74, 6) is 0.759. The van der Waals surface area contributed by atoms with Crippen LogP contribution in [0.5, 0.6) is 5.75 Å². The molecule has 1 aromatic carbocycles. The van der Waals surface area contributed by atoms with Crippen LogP contribution < -0.4 is 14.4 Å². The van der Waals surface area contributed by atoms with Gasteiger partial charge in [0, 0.05) is 7.05 Å². The van der Waals surface area contributed by atoms with Crippen molar-refractivity contribution in [2.45, 2.75) is 11.4 Å². The largest absolute Gasteiger partial charge is 0.482 e. The average Bonchev–Trinajstić information content (AvgIpc) is 3.02. The Morgan fingerprint density at radius 2 is 2.14 bits per heavy atom. The van der Waals surface area contributed by atoms with E-state index >= 15 is 0 Å². The van der Waals surface area contributed by atoms with Crippen LogP contribution >= 0.6 is 0 Å². The third kappa shape index (κ3) is 2.70. The van der Waals surface area contributed by atoms with Gasteiger partial charge in [-0.25, -0.2) is 13.1 Å². The highest BCUT2D eigenvalue weighted by atomic mass is 32.2. The van der Waals surface area contributed by atoms with E-state index in [-0.39, 0.29) is 24.0 Å². The molecular weight excluding hydrogens is 308 g/mol. The lowest BCUT2D eigenvalue weighted by molar-refractivity contribution is -0.120. The first-order valence-electron chi connectivity index (χ1n) is 6.53. The summed E-state index contributed by atoms with van der Waals surface area (Å²) in [4.78, 5) is 13.1. The van der Waals surface area contributed by atoms with Gasteiger partial charge in [-0.3, -0.25) is 4.79 Å². The highest BCUT2D eigenvalue weighted by molar-refractivity contribution is 7.89. The predicted octanol–water partition coefficient (Wildman–Crippen LogP) is 1.11. The van der Waals surface area contributed by atoms with Crippen molar-refractivity contribution in [3.8, 4) is 5.75 Å². The number of carbonyl (C=O) groups excluding carboxylic acids is 1. The van der Waals surface area contributed by atoms with Crippen molar-refractivity contribution in [3.05, 3.63) is 42.4 Å². The zero-order chi connectivity index (χ0) is 15.7. The topological polar surface area (TPSA) is 88.8 Å². The fourth-order valence-electron chi connectivity index (χ4n) is 2.08. The minimum absolute atomic E-state index is 0.0493. The maximum Gasteiger partial charge on any atom is 0.264 e. The van der Waals surface area contributed by atoms with Crippen molar-refractivity contribution < 1.29 is 22.4 Å². The number of nitrogens with one attached hydrogen (secondary N) is 1. The summed E-state index contributed by atoms with van der Waals surface area (Å²) in [5.41, 5.74) is 0.428. The van der Waals surface area contributed by atoms with Gasteiger partial charge in [0.2, 0.25) is 10.0 Å². The van der Waals surface area contributed by atoms with Crippen LogP contribution in [0.25, 0.3) is 0 Å². The molecule has 8 heteroatoms. The van der Waals surface area contributed by atoms with Crippen molar-refractivity contribution >= 4 is 21.6 Å². The third-order valence-corrected chi connectivity index (χ3v) is 4.74. The Balaban J connectivity index is 1.86. The normalized spacial score (nSPS) is 14.6. The maximum atomic E-state index is 12.3. The van der Waals surface area contributed by atoms with Crippen LogP contribution in [0, 0.1) is 0 Å². The van der Waals surface area contributed by atoms with Gasteiger partial charge in [0.25, 0.3) is 5.91 Å². The molecule has 0 radical (unpaired) electrons. The number of carbonyl (C=O) groups is 1. The van der Waals surface area contributed by atoms with Gasteiger partial charge in [0.15, 0.2) is 6.61 Å². The maximum absolute atomic E-state index is 12.3. The molecule has 0 bridgehead atoms. The Kier molecular flexibility index (Phi) is 3.63. The summed E-state index contributed by atoms with van der Waals surface area (Å²) in [6.07, 6.45) is 1.47. The van der Waals surface area contributed by atoms with Crippen molar-refractivity contribution in [3.63, 3.8) is 0 Å². The summed E-state index contributed by atoms with van der Waals surface area (Å²) in [6, 6.07) is 7.75. The fourth-order valence-corrected chi connectivity index (χ4v) is 3.09. The van der Waals surface area contributed by atoms with E-state index in [1.165, 1.54) is 23.3 Å². The molecule has 0 atom stereocenters. The van der Waals surface area contributed by atoms with Gasteiger partial charge >= 0.3 is 0 Å². The van der Waals surface area contributed by atoms with Crippen molar-refractivity contribution in [1.29, 1.82) is 0 Å². The SMILES string of the molecule is CN1C(=O)COc2ccc(S(=O)(=O)NCc3ccco3)cc21. The lowest BCUT2D eigenvalue weighted by Gasteiger charge is -2.26. The fraction of sp³-hybridized carbons (Fsp3) is 0.214. The molecule has 2 aromatic rings. The predicted molar refractivity (Wildman–Crippen MR) is 78.1 cm³/mol. The number of amides is 1. The number of fused-ring (bicyclic) bond motifs is 1. The summed E-state index contributed by atoms with van der Waals surface area (Å²) >= 11 is 0. The van der Waals surface area contributed by atoms with E-state index < -0.39 is 10.0 Å². The molecule has 0 unspecified atom stereocenters. The monoisotopic (exact) mass is 322 g/mol. The number of anilines is 1. The zero-order valence-electron chi connectivity index (χ0n) is 11.8. The van der Waals surface area contributed by atoms with Crippen molar-refractivity contribution in [1.82, 2.24) is 4.72 Å². The number of hydrogen-bond donors (Lipinski definition) is 1. The molecule has 0 spiro atoms. The smallest absolute Gasteiger partial charge is 0.264 e. The van der Waals surface area contributed by atoms with E-state index in [2.05, 4.69) is 4.72 Å². The Hall–Kier alpha value is -2.32. The molecule has 116 valence electrons. The molecule has 2 heterocycles. The van der Waals surface area contributed by atoms with E-state index in [4.69, 9.17) is 9.15 Å². The molecule has 7 nitrogen and oxygen atoms in total. The molecule has 22 heavy (non-hydrogen) atoms. The number of nitrogens with zero attached hydrogens (tertiary/aromatic N) is 1. The molecule has 1 aliphatic heterocycles. The number of furan rings is 1. The molecule has 0 saturated heterocycles. The summed E-state index contributed by atoms with van der Waals surface area (Å²) in [6.45, 7) is 0.00400. The standard InChI is InChI=1S/C14H14N2O5S/c1-16-12-7-11(4-5-13(12)21-9-14(16)17)22(18,19)15-8-10-3-2-6-20-10/h2-7,15H,8-9H2,1H3. The van der Waals surface area contributed by atoms with Crippen LogP contribution in [0.3, 0.4) is 0 Å². The van der Waals surface area contributed by atoms with E-state index in [0.717, 1.165) is 0 Å². The minimum atomic E-state index is -3.71. The van der Waals surface area contributed by atoms with Crippen LogP contribution in [-0.2, 0) is 21.4 Å². The molecule has 0 fully saturated rings. The van der Waals surface area contributed by atoms with Crippen LogP contribution in [-0.4, -0.2) is 28.0 Å². The lowest BCUT2D eigenvalue weighted by atomic mass is 10.2. The molecule has 0 saturated carbocycles. The number of hydrogen-bond acceptors (Lipinski definition) is 5. The van der Waals surface area contributed by atoms with Crippen LogP contribution in [0.1, 0.15) is 5.76 Å². The Morgan fingerprint density at radius 1 is 1.32 bits per heavy atom. The number of rotatable bonds is 4. The Bertz CT molecular complexity index is 799. The second-order valence-electron chi connectivity index (χ2n) is 4.77. The van der Waals surface area contributed by atoms with Crippen LogP contribution in [0.4, 0.5) is 5.69 Å². The first-order valence-corrected chi connectivity index (χ1v) is 8.01. The first-order chi connectivity index (χ1) is 10.5. The average molecular weight is 322 g/mol. The molecule has 0 aliphatic carbocycles. The minimum Gasteiger partial charge on any atom is -0.482 e. The summed E-state index contributed by atoms with van der Waals surface area (Å²) in [5, 5.41) is 0. The lowest BCUT2D eigenvalue weighted by Crippen LogP contribution is -2.35. The van der Waals surface area contributed by atoms with Gasteiger partial charge < -0.3 is 14.1 Å². The third-order valence-electron chi connectivity index (χ3n) is 3.34. The number of benzene rings is 1. The second-order valence-corrected chi connectivity index (χ2v) is 6.54. The van der Waals surface area contributed by atoms with Crippen molar-refractivity contribution in [2.24, 2.45) is 0 Å². The first kappa shape index (κ1) is 14.6. The zero-order valence-corrected chi connectivity index (χ0v) is 12.6. The van der Waals surface area contributed by atoms with E-state index in [0.29, 0.717) is 17.2 Å². The molecule has 1 aliphatic rings. The van der Waals surface area contributed by atoms with Gasteiger partial charge in [-0.15, -0.1) is 0 Å². The molecule has 1 N–H and O–H groups in total. The van der Waals surface area contributed by atoms with Gasteiger partial charge in [-0.1, -0.05) is 0 Å². The van der Waals surface area contributed by atoms with Gasteiger partial charge in [-0.2, -0.15) is 0 Å². The second kappa shape index (κ2) is 5.47. The van der Waals surface area contributed by atoms with Crippen LogP contribution in [0.2, 0.25) is 0 Å². The van der Waals surface area contributed by atoms with E-state index in [1.54, 1.807) is 25.2 Å². The van der Waals surface area contributed by atoms with Gasteiger partial charge in [0.05, 0.1) is 23.4 Å². The number of sulfonamides is 1. The van der Waals surface area contributed by atoms with Gasteiger partial charge in [0.1, 0.15) is 11.5 Å². The summed E-state index contributed by atoms with van der Waals surface area (Å²) in [7, 11) is -2.13. The Labute approximate surface area is 127 Å². The molecule has 1 amide bonds. The highest BCUT2D eigenvalue weighted by Crippen LogP contribution is 2.33. The van der Waals surface area contributed by atoms with Gasteiger partial charge in [-0.05, 0) is 30.3 Å². The number of ether oxygens (including phenoxy) is 1. The van der Waals surface area contributed by atoms with E-state index in [1.807, 2.05) is 0 Å². The molecule has 3 rings (SSSR count). The van der Waals surface area contributed by atoms with Crippen molar-refractivity contribution in [2.75, 3.05) is 18.6 Å². The van der Waals surface area contributed by atoms with Crippen LogP contribution in [0.15, 0.2) is 45.9 Å². The Morgan fingerprint density at radius 3 is 2.86 bits per heavy atom. The van der Waals surface area contributed by atoms with E-state index in [9.17, 15) is 13.2 Å². The molecule has 1 aromatic heterocycles. The molecular formula is C14H14N2O5S. The number of likely N-dealkylation sites (N-methyl/N-ethyl adjacent to an activating group) is 1. The quantitative estimate of drug-likeness (QED) is 0.911. The summed E-state index contributed by atoms with van der Waals surface area (Å²) < 4.78 is 37.4. The highest BCUT2D eigenvalue weighted by Gasteiger charge is 2.25.